The smallest absolute Gasteiger partial charge is 0.152 e. The highest BCUT2D eigenvalue weighted by Crippen LogP contribution is 2.14. The van der Waals surface area contributed by atoms with Gasteiger partial charge in [0.1, 0.15) is 12.9 Å². The van der Waals surface area contributed by atoms with Crippen LogP contribution in [0.2, 0.25) is 0 Å². The fourth-order valence-corrected chi connectivity index (χ4v) is 1.26. The second-order valence-corrected chi connectivity index (χ2v) is 4.71. The van der Waals surface area contributed by atoms with Crippen molar-refractivity contribution in [2.45, 2.75) is 40.3 Å². The van der Waals surface area contributed by atoms with Crippen molar-refractivity contribution < 1.29 is 9.84 Å². The van der Waals surface area contributed by atoms with Crippen molar-refractivity contribution in [3.63, 3.8) is 0 Å². The van der Waals surface area contributed by atoms with Gasteiger partial charge in [-0.15, -0.1) is 0 Å². The largest absolute Gasteiger partial charge is 0.396 e. The maximum Gasteiger partial charge on any atom is 0.152 e. The summed E-state index contributed by atoms with van der Waals surface area (Å²) in [5, 5.41) is 13.2. The Bertz CT molecular complexity index is 310. The maximum absolute atomic E-state index is 9.08. The van der Waals surface area contributed by atoms with Gasteiger partial charge < -0.3 is 9.84 Å². The van der Waals surface area contributed by atoms with E-state index >= 15 is 0 Å². The average Bonchev–Trinajstić information content (AvgIpc) is 2.66. The maximum atomic E-state index is 9.08. The number of hydrogen-bond acceptors (Lipinski definition) is 4. The topological polar surface area (TPSA) is 60.2 Å². The summed E-state index contributed by atoms with van der Waals surface area (Å²) in [4.78, 5) is 4.14. The summed E-state index contributed by atoms with van der Waals surface area (Å²) >= 11 is 0. The molecule has 0 radical (unpaired) electrons. The SMILES string of the molecule is CCCn1ncnc1COCC(C)(C)CO. The highest BCUT2D eigenvalue weighted by Gasteiger charge is 2.17. The minimum Gasteiger partial charge on any atom is -0.396 e. The first kappa shape index (κ1) is 13.1. The molecule has 16 heavy (non-hydrogen) atoms. The molecule has 0 amide bonds. The van der Waals surface area contributed by atoms with Gasteiger partial charge in [-0.25, -0.2) is 9.67 Å². The first-order valence-corrected chi connectivity index (χ1v) is 5.64. The predicted molar refractivity (Wildman–Crippen MR) is 60.8 cm³/mol. The molecule has 0 aliphatic carbocycles. The van der Waals surface area contributed by atoms with E-state index in [9.17, 15) is 0 Å². The molecule has 0 aromatic carbocycles. The summed E-state index contributed by atoms with van der Waals surface area (Å²) in [6.07, 6.45) is 2.57. The van der Waals surface area contributed by atoms with Gasteiger partial charge in [0.2, 0.25) is 0 Å². The molecule has 1 heterocycles. The Balaban J connectivity index is 2.39. The second-order valence-electron chi connectivity index (χ2n) is 4.71. The Morgan fingerprint density at radius 3 is 2.88 bits per heavy atom. The third-order valence-electron chi connectivity index (χ3n) is 2.28. The molecule has 1 N–H and O–H groups in total. The molecular formula is C11H21N3O2. The highest BCUT2D eigenvalue weighted by molar-refractivity contribution is 4.81. The van der Waals surface area contributed by atoms with Crippen molar-refractivity contribution in [3.05, 3.63) is 12.2 Å². The molecule has 0 saturated carbocycles. The first-order chi connectivity index (χ1) is 7.59. The molecule has 0 saturated heterocycles. The van der Waals surface area contributed by atoms with Crippen molar-refractivity contribution in [2.24, 2.45) is 5.41 Å². The number of hydrogen-bond donors (Lipinski definition) is 1. The van der Waals surface area contributed by atoms with Crippen molar-refractivity contribution in [1.29, 1.82) is 0 Å². The van der Waals surface area contributed by atoms with E-state index in [2.05, 4.69) is 17.0 Å². The number of aryl methyl sites for hydroxylation is 1. The third-order valence-corrected chi connectivity index (χ3v) is 2.28. The van der Waals surface area contributed by atoms with E-state index in [4.69, 9.17) is 9.84 Å². The molecule has 0 aliphatic rings. The fourth-order valence-electron chi connectivity index (χ4n) is 1.26. The van der Waals surface area contributed by atoms with Crippen LogP contribution in [0.4, 0.5) is 0 Å². The quantitative estimate of drug-likeness (QED) is 0.761. The minimum atomic E-state index is -0.199. The Hall–Kier alpha value is -0.940. The molecule has 0 atom stereocenters. The van der Waals surface area contributed by atoms with Crippen LogP contribution in [0.5, 0.6) is 0 Å². The zero-order valence-electron chi connectivity index (χ0n) is 10.3. The summed E-state index contributed by atoms with van der Waals surface area (Å²) in [6.45, 7) is 7.97. The van der Waals surface area contributed by atoms with Gasteiger partial charge in [0.05, 0.1) is 13.2 Å². The van der Waals surface area contributed by atoms with Crippen LogP contribution in [0.25, 0.3) is 0 Å². The summed E-state index contributed by atoms with van der Waals surface area (Å²) in [6, 6.07) is 0. The molecule has 0 aliphatic heterocycles. The molecule has 0 bridgehead atoms. The predicted octanol–water partition coefficient (Wildman–Crippen LogP) is 1.22. The fraction of sp³-hybridized carbons (Fsp3) is 0.818. The molecule has 0 fully saturated rings. The van der Waals surface area contributed by atoms with Gasteiger partial charge in [-0.05, 0) is 6.42 Å². The number of ether oxygens (including phenoxy) is 1. The van der Waals surface area contributed by atoms with Crippen molar-refractivity contribution >= 4 is 0 Å². The molecule has 0 spiro atoms. The van der Waals surface area contributed by atoms with Gasteiger partial charge in [-0.2, -0.15) is 5.10 Å². The lowest BCUT2D eigenvalue weighted by molar-refractivity contribution is 0.0160. The molecule has 5 heteroatoms. The number of aliphatic hydroxyl groups excluding tert-OH is 1. The van der Waals surface area contributed by atoms with Crippen LogP contribution in [-0.2, 0) is 17.9 Å². The second kappa shape index (κ2) is 5.96. The Morgan fingerprint density at radius 2 is 2.25 bits per heavy atom. The average molecular weight is 227 g/mol. The van der Waals surface area contributed by atoms with E-state index in [0.29, 0.717) is 13.2 Å². The third kappa shape index (κ3) is 3.90. The summed E-state index contributed by atoms with van der Waals surface area (Å²) < 4.78 is 7.39. The van der Waals surface area contributed by atoms with Gasteiger partial charge in [0, 0.05) is 12.0 Å². The standard InChI is InChI=1S/C11H21N3O2/c1-4-5-14-10(12-9-13-14)6-16-8-11(2,3)7-15/h9,15H,4-8H2,1-3H3. The van der Waals surface area contributed by atoms with E-state index < -0.39 is 0 Å². The van der Waals surface area contributed by atoms with E-state index in [1.165, 1.54) is 0 Å². The molecule has 5 nitrogen and oxygen atoms in total. The van der Waals surface area contributed by atoms with Crippen LogP contribution in [0.15, 0.2) is 6.33 Å². The Kier molecular flexibility index (Phi) is 4.89. The number of aliphatic hydroxyl groups is 1. The lowest BCUT2D eigenvalue weighted by Crippen LogP contribution is -2.24. The van der Waals surface area contributed by atoms with Crippen molar-refractivity contribution in [2.75, 3.05) is 13.2 Å². The number of aromatic nitrogens is 3. The highest BCUT2D eigenvalue weighted by atomic mass is 16.5. The van der Waals surface area contributed by atoms with Crippen LogP contribution < -0.4 is 0 Å². The lowest BCUT2D eigenvalue weighted by atomic mass is 9.97. The van der Waals surface area contributed by atoms with E-state index in [1.54, 1.807) is 6.33 Å². The molecule has 1 rings (SSSR count). The van der Waals surface area contributed by atoms with Crippen molar-refractivity contribution in [1.82, 2.24) is 14.8 Å². The van der Waals surface area contributed by atoms with Crippen LogP contribution in [0.3, 0.4) is 0 Å². The van der Waals surface area contributed by atoms with Gasteiger partial charge in [0.15, 0.2) is 5.82 Å². The Morgan fingerprint density at radius 1 is 1.50 bits per heavy atom. The minimum absolute atomic E-state index is 0.120. The van der Waals surface area contributed by atoms with E-state index in [0.717, 1.165) is 18.8 Å². The normalized spacial score (nSPS) is 12.0. The molecule has 0 unspecified atom stereocenters. The van der Waals surface area contributed by atoms with Crippen LogP contribution in [-0.4, -0.2) is 33.1 Å². The zero-order chi connectivity index (χ0) is 12.0. The molecule has 1 aromatic heterocycles. The summed E-state index contributed by atoms with van der Waals surface area (Å²) in [5.74, 6) is 0.843. The molecular weight excluding hydrogens is 206 g/mol. The summed E-state index contributed by atoms with van der Waals surface area (Å²) in [5.41, 5.74) is -0.199. The van der Waals surface area contributed by atoms with Gasteiger partial charge >= 0.3 is 0 Å². The van der Waals surface area contributed by atoms with Gasteiger partial charge in [-0.1, -0.05) is 20.8 Å². The summed E-state index contributed by atoms with van der Waals surface area (Å²) in [7, 11) is 0. The Labute approximate surface area is 96.5 Å². The molecule has 1 aromatic rings. The number of rotatable bonds is 7. The monoisotopic (exact) mass is 227 g/mol. The van der Waals surface area contributed by atoms with Gasteiger partial charge in [0.25, 0.3) is 0 Å². The number of nitrogens with zero attached hydrogens (tertiary/aromatic N) is 3. The van der Waals surface area contributed by atoms with Crippen LogP contribution in [0.1, 0.15) is 33.0 Å². The van der Waals surface area contributed by atoms with Crippen LogP contribution in [0, 0.1) is 5.41 Å². The van der Waals surface area contributed by atoms with E-state index in [1.807, 2.05) is 18.5 Å². The van der Waals surface area contributed by atoms with Crippen LogP contribution >= 0.6 is 0 Å². The first-order valence-electron chi connectivity index (χ1n) is 5.64. The van der Waals surface area contributed by atoms with Gasteiger partial charge in [-0.3, -0.25) is 0 Å². The zero-order valence-corrected chi connectivity index (χ0v) is 10.3. The molecule has 92 valence electrons. The van der Waals surface area contributed by atoms with Crippen molar-refractivity contribution in [3.8, 4) is 0 Å². The lowest BCUT2D eigenvalue weighted by Gasteiger charge is -2.20. The van der Waals surface area contributed by atoms with E-state index in [-0.39, 0.29) is 12.0 Å².